The van der Waals surface area contributed by atoms with Crippen molar-refractivity contribution in [1.29, 1.82) is 0 Å². The van der Waals surface area contributed by atoms with Crippen molar-refractivity contribution in [3.05, 3.63) is 29.6 Å². The smallest absolute Gasteiger partial charge is 0.0888 e. The Labute approximate surface area is 97.5 Å². The maximum atomic E-state index is 9.06. The van der Waals surface area contributed by atoms with Gasteiger partial charge in [0.1, 0.15) is 0 Å². The first-order valence-electron chi connectivity index (χ1n) is 5.70. The van der Waals surface area contributed by atoms with Gasteiger partial charge in [0, 0.05) is 11.6 Å². The van der Waals surface area contributed by atoms with E-state index < -0.39 is 0 Å². The SMILES string of the molecule is CCc1ccc(COCC(C)(C)CO)nc1. The Morgan fingerprint density at radius 3 is 2.62 bits per heavy atom. The summed E-state index contributed by atoms with van der Waals surface area (Å²) >= 11 is 0. The number of aliphatic hydroxyl groups excluding tert-OH is 1. The Kier molecular flexibility index (Phi) is 4.90. The lowest BCUT2D eigenvalue weighted by Crippen LogP contribution is -2.23. The molecule has 0 bridgehead atoms. The molecule has 0 aliphatic heterocycles. The molecule has 0 fully saturated rings. The van der Waals surface area contributed by atoms with Crippen molar-refractivity contribution in [2.75, 3.05) is 13.2 Å². The molecule has 0 amide bonds. The highest BCUT2D eigenvalue weighted by molar-refractivity contribution is 5.13. The van der Waals surface area contributed by atoms with Crippen molar-refractivity contribution < 1.29 is 9.84 Å². The fraction of sp³-hybridized carbons (Fsp3) is 0.615. The maximum absolute atomic E-state index is 9.06. The summed E-state index contributed by atoms with van der Waals surface area (Å²) in [7, 11) is 0. The van der Waals surface area contributed by atoms with Crippen molar-refractivity contribution in [3.8, 4) is 0 Å². The first-order chi connectivity index (χ1) is 7.57. The van der Waals surface area contributed by atoms with Crippen molar-refractivity contribution in [1.82, 2.24) is 4.98 Å². The molecule has 0 saturated carbocycles. The molecule has 0 atom stereocenters. The van der Waals surface area contributed by atoms with Gasteiger partial charge in [0.05, 0.1) is 25.5 Å². The van der Waals surface area contributed by atoms with Crippen molar-refractivity contribution in [3.63, 3.8) is 0 Å². The largest absolute Gasteiger partial charge is 0.396 e. The Morgan fingerprint density at radius 1 is 1.38 bits per heavy atom. The molecule has 1 N–H and O–H groups in total. The Bertz CT molecular complexity index is 306. The topological polar surface area (TPSA) is 42.4 Å². The zero-order valence-electron chi connectivity index (χ0n) is 10.4. The molecule has 3 nitrogen and oxygen atoms in total. The minimum atomic E-state index is -0.177. The highest BCUT2D eigenvalue weighted by Gasteiger charge is 2.16. The first-order valence-corrected chi connectivity index (χ1v) is 5.70. The number of aromatic nitrogens is 1. The lowest BCUT2D eigenvalue weighted by molar-refractivity contribution is 0.0186. The number of aliphatic hydroxyl groups is 1. The molecule has 0 aliphatic carbocycles. The van der Waals surface area contributed by atoms with E-state index in [1.807, 2.05) is 26.1 Å². The number of nitrogens with zero attached hydrogens (tertiary/aromatic N) is 1. The van der Waals surface area contributed by atoms with E-state index in [9.17, 15) is 0 Å². The van der Waals surface area contributed by atoms with E-state index in [0.717, 1.165) is 12.1 Å². The minimum absolute atomic E-state index is 0.134. The summed E-state index contributed by atoms with van der Waals surface area (Å²) in [5, 5.41) is 9.06. The summed E-state index contributed by atoms with van der Waals surface area (Å²) in [5.41, 5.74) is 1.99. The number of ether oxygens (including phenoxy) is 1. The maximum Gasteiger partial charge on any atom is 0.0888 e. The molecule has 3 heteroatoms. The third kappa shape index (κ3) is 4.29. The van der Waals surface area contributed by atoms with Crippen molar-refractivity contribution in [2.24, 2.45) is 5.41 Å². The van der Waals surface area contributed by atoms with E-state index in [2.05, 4.69) is 18.0 Å². The summed E-state index contributed by atoms with van der Waals surface area (Å²) < 4.78 is 5.53. The molecular weight excluding hydrogens is 202 g/mol. The van der Waals surface area contributed by atoms with E-state index in [1.54, 1.807) is 0 Å². The number of hydrogen-bond acceptors (Lipinski definition) is 3. The first kappa shape index (κ1) is 13.1. The fourth-order valence-corrected chi connectivity index (χ4v) is 1.23. The molecule has 0 saturated heterocycles. The quantitative estimate of drug-likeness (QED) is 0.803. The molecule has 0 aliphatic rings. The molecule has 0 radical (unpaired) electrons. The molecule has 1 aromatic heterocycles. The Morgan fingerprint density at radius 2 is 2.12 bits per heavy atom. The number of aryl methyl sites for hydroxylation is 1. The van der Waals surface area contributed by atoms with Crippen LogP contribution in [-0.2, 0) is 17.8 Å². The average molecular weight is 223 g/mol. The molecule has 1 heterocycles. The predicted molar refractivity (Wildman–Crippen MR) is 64.1 cm³/mol. The monoisotopic (exact) mass is 223 g/mol. The van der Waals surface area contributed by atoms with Crippen LogP contribution in [0, 0.1) is 5.41 Å². The summed E-state index contributed by atoms with van der Waals surface area (Å²) in [4.78, 5) is 4.31. The van der Waals surface area contributed by atoms with Crippen LogP contribution >= 0.6 is 0 Å². The van der Waals surface area contributed by atoms with E-state index in [1.165, 1.54) is 5.56 Å². The number of rotatable bonds is 6. The average Bonchev–Trinajstić information content (AvgIpc) is 2.30. The normalized spacial score (nSPS) is 11.8. The zero-order valence-corrected chi connectivity index (χ0v) is 10.4. The minimum Gasteiger partial charge on any atom is -0.396 e. The van der Waals surface area contributed by atoms with Crippen LogP contribution in [0.15, 0.2) is 18.3 Å². The van der Waals surface area contributed by atoms with Gasteiger partial charge in [0.2, 0.25) is 0 Å². The molecule has 0 unspecified atom stereocenters. The second kappa shape index (κ2) is 5.97. The van der Waals surface area contributed by atoms with Crippen molar-refractivity contribution in [2.45, 2.75) is 33.8 Å². The fourth-order valence-electron chi connectivity index (χ4n) is 1.23. The van der Waals surface area contributed by atoms with Crippen LogP contribution in [-0.4, -0.2) is 23.3 Å². The Hall–Kier alpha value is -0.930. The lowest BCUT2D eigenvalue weighted by Gasteiger charge is -2.20. The second-order valence-electron chi connectivity index (χ2n) is 4.83. The van der Waals surface area contributed by atoms with Gasteiger partial charge >= 0.3 is 0 Å². The van der Waals surface area contributed by atoms with Crippen LogP contribution in [0.25, 0.3) is 0 Å². The molecule has 1 rings (SSSR count). The molecule has 1 aromatic rings. The van der Waals surface area contributed by atoms with Crippen LogP contribution in [0.2, 0.25) is 0 Å². The van der Waals surface area contributed by atoms with E-state index in [-0.39, 0.29) is 12.0 Å². The number of pyridine rings is 1. The lowest BCUT2D eigenvalue weighted by atomic mass is 9.97. The molecule has 16 heavy (non-hydrogen) atoms. The van der Waals surface area contributed by atoms with Crippen LogP contribution < -0.4 is 0 Å². The van der Waals surface area contributed by atoms with Gasteiger partial charge in [0.25, 0.3) is 0 Å². The van der Waals surface area contributed by atoms with E-state index >= 15 is 0 Å². The number of hydrogen-bond donors (Lipinski definition) is 1. The van der Waals surface area contributed by atoms with Crippen LogP contribution in [0.4, 0.5) is 0 Å². The summed E-state index contributed by atoms with van der Waals surface area (Å²) in [6.45, 7) is 7.24. The molecular formula is C13H21NO2. The van der Waals surface area contributed by atoms with Crippen molar-refractivity contribution >= 4 is 0 Å². The van der Waals surface area contributed by atoms with Crippen LogP contribution in [0.5, 0.6) is 0 Å². The van der Waals surface area contributed by atoms with Gasteiger partial charge in [-0.3, -0.25) is 4.98 Å². The van der Waals surface area contributed by atoms with Gasteiger partial charge in [-0.2, -0.15) is 0 Å². The van der Waals surface area contributed by atoms with Gasteiger partial charge in [-0.15, -0.1) is 0 Å². The zero-order chi connectivity index (χ0) is 12.0. The van der Waals surface area contributed by atoms with E-state index in [0.29, 0.717) is 13.2 Å². The third-order valence-corrected chi connectivity index (χ3v) is 2.47. The second-order valence-corrected chi connectivity index (χ2v) is 4.83. The molecule has 90 valence electrons. The predicted octanol–water partition coefficient (Wildman–Crippen LogP) is 2.18. The van der Waals surface area contributed by atoms with E-state index in [4.69, 9.17) is 9.84 Å². The van der Waals surface area contributed by atoms with Gasteiger partial charge in [-0.1, -0.05) is 26.8 Å². The van der Waals surface area contributed by atoms with Gasteiger partial charge in [0.15, 0.2) is 0 Å². The van der Waals surface area contributed by atoms with Crippen LogP contribution in [0.3, 0.4) is 0 Å². The molecule has 0 spiro atoms. The summed E-state index contributed by atoms with van der Waals surface area (Å²) in [6.07, 6.45) is 2.89. The summed E-state index contributed by atoms with van der Waals surface area (Å²) in [6, 6.07) is 4.06. The standard InChI is InChI=1S/C13H21NO2/c1-4-11-5-6-12(14-7-11)8-16-10-13(2,3)9-15/h5-7,15H,4,8-10H2,1-3H3. The van der Waals surface area contributed by atoms with Gasteiger partial charge < -0.3 is 9.84 Å². The third-order valence-electron chi connectivity index (χ3n) is 2.47. The molecule has 0 aromatic carbocycles. The van der Waals surface area contributed by atoms with Gasteiger partial charge in [-0.25, -0.2) is 0 Å². The van der Waals surface area contributed by atoms with Gasteiger partial charge in [-0.05, 0) is 18.1 Å². The Balaban J connectivity index is 2.37. The summed E-state index contributed by atoms with van der Waals surface area (Å²) in [5.74, 6) is 0. The highest BCUT2D eigenvalue weighted by Crippen LogP contribution is 2.14. The highest BCUT2D eigenvalue weighted by atomic mass is 16.5. The van der Waals surface area contributed by atoms with Crippen LogP contribution in [0.1, 0.15) is 32.0 Å².